The highest BCUT2D eigenvalue weighted by Gasteiger charge is 2.32. The normalized spacial score (nSPS) is 14.9. The number of nitrogens with zero attached hydrogens (tertiary/aromatic N) is 2. The van der Waals surface area contributed by atoms with Gasteiger partial charge < -0.3 is 14.4 Å². The molecule has 1 fully saturated rings. The highest BCUT2D eigenvalue weighted by atomic mass is 19.4. The minimum Gasteiger partial charge on any atom is -0.378 e. The molecule has 216 valence electrons. The zero-order chi connectivity index (χ0) is 29.8. The van der Waals surface area contributed by atoms with Crippen LogP contribution in [0.1, 0.15) is 59.9 Å². The number of hydrogen-bond acceptors (Lipinski definition) is 5. The van der Waals surface area contributed by atoms with Crippen LogP contribution in [0, 0.1) is 19.3 Å². The summed E-state index contributed by atoms with van der Waals surface area (Å²) >= 11 is 0. The summed E-state index contributed by atoms with van der Waals surface area (Å²) in [6, 6.07) is 12.3. The van der Waals surface area contributed by atoms with Gasteiger partial charge in [-0.25, -0.2) is 0 Å². The van der Waals surface area contributed by atoms with Crippen LogP contribution in [-0.2, 0) is 27.7 Å². The number of hydrogen-bond donors (Lipinski definition) is 0. The van der Waals surface area contributed by atoms with Crippen molar-refractivity contribution in [1.82, 2.24) is 4.98 Å². The molecule has 0 saturated carbocycles. The van der Waals surface area contributed by atoms with Crippen LogP contribution in [-0.4, -0.2) is 43.2 Å². The molecule has 1 aliphatic rings. The largest absolute Gasteiger partial charge is 0.416 e. The van der Waals surface area contributed by atoms with Crippen molar-refractivity contribution in [3.63, 3.8) is 0 Å². The fourth-order valence-electron chi connectivity index (χ4n) is 5.12. The Bertz CT molecular complexity index is 1440. The Labute approximate surface area is 239 Å². The molecule has 8 heteroatoms. The molecule has 0 aliphatic carbocycles. The summed E-state index contributed by atoms with van der Waals surface area (Å²) in [5.74, 6) is 2.27. The summed E-state index contributed by atoms with van der Waals surface area (Å²) in [6.07, 6.45) is 3.10. The number of pyridine rings is 1. The number of ether oxygens (including phenoxy) is 2. The molecule has 41 heavy (non-hydrogen) atoms. The molecular weight excluding hydrogens is 529 g/mol. The van der Waals surface area contributed by atoms with E-state index in [1.807, 2.05) is 45.9 Å². The topological polar surface area (TPSA) is 51.7 Å². The van der Waals surface area contributed by atoms with Crippen molar-refractivity contribution in [3.05, 3.63) is 82.7 Å². The summed E-state index contributed by atoms with van der Waals surface area (Å²) in [7, 11) is 0. The summed E-state index contributed by atoms with van der Waals surface area (Å²) in [4.78, 5) is 20.1. The zero-order valence-electron chi connectivity index (χ0n) is 23.8. The van der Waals surface area contributed by atoms with Crippen molar-refractivity contribution in [2.24, 2.45) is 0 Å². The van der Waals surface area contributed by atoms with E-state index in [4.69, 9.17) is 20.9 Å². The first-order valence-electron chi connectivity index (χ1n) is 13.6. The molecule has 1 aliphatic heterocycles. The highest BCUT2D eigenvalue weighted by Crippen LogP contribution is 2.37. The van der Waals surface area contributed by atoms with Gasteiger partial charge in [-0.2, -0.15) is 13.2 Å². The van der Waals surface area contributed by atoms with E-state index in [0.29, 0.717) is 38.3 Å². The van der Waals surface area contributed by atoms with Gasteiger partial charge in [-0.05, 0) is 62.6 Å². The number of aryl methyl sites for hydroxylation is 1. The lowest BCUT2D eigenvalue weighted by atomic mass is 9.93. The fraction of sp³-hybridized carbons (Fsp3) is 0.394. The van der Waals surface area contributed by atoms with Gasteiger partial charge in [0.05, 0.1) is 36.3 Å². The lowest BCUT2D eigenvalue weighted by molar-refractivity contribution is -0.137. The standard InChI is InChI=1S/C33H35F3N2O3/c1-6-8-23(3)41-32(4,5)31-29(38-13-15-40-16-14-38)20-26(21-37-31)28-17-24(12-11-22(28)2)18-30(39)25-9-7-10-27(19-25)33(34,35)36/h1,7,9-12,17,19-21,23H,8,13-16,18H2,2-5H3. The third kappa shape index (κ3) is 7.35. The number of ketones is 1. The first-order chi connectivity index (χ1) is 19.4. The van der Waals surface area contributed by atoms with Crippen LogP contribution in [0.25, 0.3) is 11.1 Å². The second kappa shape index (κ2) is 12.5. The summed E-state index contributed by atoms with van der Waals surface area (Å²) in [6.45, 7) is 10.5. The lowest BCUT2D eigenvalue weighted by Crippen LogP contribution is -2.39. The van der Waals surface area contributed by atoms with Crippen LogP contribution in [0.4, 0.5) is 18.9 Å². The van der Waals surface area contributed by atoms with E-state index < -0.39 is 17.3 Å². The highest BCUT2D eigenvalue weighted by molar-refractivity contribution is 5.97. The molecular formula is C33H35F3N2O3. The van der Waals surface area contributed by atoms with Crippen molar-refractivity contribution in [2.45, 2.75) is 58.4 Å². The average molecular weight is 565 g/mol. The Kier molecular flexibility index (Phi) is 9.21. The average Bonchev–Trinajstić information content (AvgIpc) is 2.93. The van der Waals surface area contributed by atoms with Crippen molar-refractivity contribution in [2.75, 3.05) is 31.2 Å². The van der Waals surface area contributed by atoms with Crippen LogP contribution >= 0.6 is 0 Å². The van der Waals surface area contributed by atoms with Crippen LogP contribution < -0.4 is 4.90 Å². The van der Waals surface area contributed by atoms with E-state index in [9.17, 15) is 18.0 Å². The summed E-state index contributed by atoms with van der Waals surface area (Å²) in [5.41, 5.74) is 3.67. The van der Waals surface area contributed by atoms with Crippen LogP contribution in [0.15, 0.2) is 54.7 Å². The number of benzene rings is 2. The predicted octanol–water partition coefficient (Wildman–Crippen LogP) is 7.00. The monoisotopic (exact) mass is 564 g/mol. The molecule has 2 aromatic carbocycles. The van der Waals surface area contributed by atoms with Gasteiger partial charge in [-0.15, -0.1) is 12.3 Å². The SMILES string of the molecule is C#CCC(C)OC(C)(C)c1ncc(-c2cc(CC(=O)c3cccc(C(F)(F)F)c3)ccc2C)cc1N1CCOCC1. The number of rotatable bonds is 9. The first kappa shape index (κ1) is 30.3. The molecule has 0 spiro atoms. The van der Waals surface area contributed by atoms with Crippen LogP contribution in [0.5, 0.6) is 0 Å². The van der Waals surface area contributed by atoms with E-state index in [2.05, 4.69) is 16.9 Å². The second-order valence-electron chi connectivity index (χ2n) is 10.9. The number of Topliss-reactive ketones (excluding diaryl/α,β-unsaturated/α-hetero) is 1. The Morgan fingerprint density at radius 3 is 2.56 bits per heavy atom. The van der Waals surface area contributed by atoms with Gasteiger partial charge in [0.1, 0.15) is 5.60 Å². The minimum absolute atomic E-state index is 0.0235. The number of alkyl halides is 3. The van der Waals surface area contributed by atoms with E-state index in [-0.39, 0.29) is 23.9 Å². The van der Waals surface area contributed by atoms with E-state index in [1.54, 1.807) is 6.20 Å². The second-order valence-corrected chi connectivity index (χ2v) is 10.9. The molecule has 1 aromatic heterocycles. The predicted molar refractivity (Wildman–Crippen MR) is 154 cm³/mol. The van der Waals surface area contributed by atoms with Crippen LogP contribution in [0.3, 0.4) is 0 Å². The van der Waals surface area contributed by atoms with E-state index >= 15 is 0 Å². The molecule has 4 rings (SSSR count). The molecule has 0 radical (unpaired) electrons. The molecule has 1 unspecified atom stereocenters. The zero-order valence-corrected chi connectivity index (χ0v) is 23.8. The molecule has 3 aromatic rings. The number of anilines is 1. The maximum absolute atomic E-state index is 13.2. The van der Waals surface area contributed by atoms with Crippen LogP contribution in [0.2, 0.25) is 0 Å². The molecule has 0 amide bonds. The van der Waals surface area contributed by atoms with Crippen molar-refractivity contribution in [3.8, 4) is 23.5 Å². The number of terminal acetylenes is 1. The summed E-state index contributed by atoms with van der Waals surface area (Å²) in [5, 5.41) is 0. The molecule has 0 N–H and O–H groups in total. The Morgan fingerprint density at radius 2 is 1.88 bits per heavy atom. The smallest absolute Gasteiger partial charge is 0.378 e. The Hall–Kier alpha value is -3.67. The molecule has 2 heterocycles. The van der Waals surface area contributed by atoms with Crippen molar-refractivity contribution < 1.29 is 27.4 Å². The number of carbonyl (C=O) groups excluding carboxylic acids is 1. The van der Waals surface area contributed by atoms with Gasteiger partial charge in [-0.3, -0.25) is 9.78 Å². The summed E-state index contributed by atoms with van der Waals surface area (Å²) < 4.78 is 51.4. The van der Waals surface area contributed by atoms with Crippen molar-refractivity contribution >= 4 is 11.5 Å². The van der Waals surface area contributed by atoms with Crippen molar-refractivity contribution in [1.29, 1.82) is 0 Å². The first-order valence-corrected chi connectivity index (χ1v) is 13.6. The van der Waals surface area contributed by atoms with Gasteiger partial charge in [0, 0.05) is 43.3 Å². The molecule has 1 atom stereocenters. The fourth-order valence-corrected chi connectivity index (χ4v) is 5.12. The minimum atomic E-state index is -4.51. The van der Waals surface area contributed by atoms with Gasteiger partial charge in [0.25, 0.3) is 0 Å². The van der Waals surface area contributed by atoms with Gasteiger partial charge >= 0.3 is 6.18 Å². The Morgan fingerprint density at radius 1 is 1.15 bits per heavy atom. The van der Waals surface area contributed by atoms with E-state index in [0.717, 1.165) is 40.2 Å². The lowest BCUT2D eigenvalue weighted by Gasteiger charge is -2.35. The maximum atomic E-state index is 13.2. The Balaban J connectivity index is 1.68. The third-order valence-electron chi connectivity index (χ3n) is 7.18. The van der Waals surface area contributed by atoms with Gasteiger partial charge in [-0.1, -0.05) is 30.3 Å². The number of aromatic nitrogens is 1. The quantitative estimate of drug-likeness (QED) is 0.207. The van der Waals surface area contributed by atoms with E-state index in [1.165, 1.54) is 12.1 Å². The number of halogens is 3. The number of morpholine rings is 1. The molecule has 5 nitrogen and oxygen atoms in total. The molecule has 1 saturated heterocycles. The van der Waals surface area contributed by atoms with Gasteiger partial charge in [0.2, 0.25) is 0 Å². The molecule has 0 bridgehead atoms. The third-order valence-corrected chi connectivity index (χ3v) is 7.18. The van der Waals surface area contributed by atoms with Gasteiger partial charge in [0.15, 0.2) is 5.78 Å². The maximum Gasteiger partial charge on any atom is 0.416 e. The number of carbonyl (C=O) groups is 1.